The molecule has 0 fully saturated rings. The van der Waals surface area contributed by atoms with Crippen molar-refractivity contribution in [1.29, 1.82) is 0 Å². The van der Waals surface area contributed by atoms with Crippen LogP contribution in [0, 0.1) is 0 Å². The van der Waals surface area contributed by atoms with Crippen LogP contribution in [-0.4, -0.2) is 47.9 Å². The predicted molar refractivity (Wildman–Crippen MR) is 98.4 cm³/mol. The number of amides is 1. The van der Waals surface area contributed by atoms with Crippen LogP contribution in [0.1, 0.15) is 9.67 Å². The van der Waals surface area contributed by atoms with E-state index in [1.165, 1.54) is 29.9 Å². The Morgan fingerprint density at radius 2 is 2.00 bits per heavy atom. The number of carbonyl (C=O) groups is 1. The van der Waals surface area contributed by atoms with Crippen LogP contribution in [0.25, 0.3) is 0 Å². The third-order valence-corrected chi connectivity index (χ3v) is 5.45. The summed E-state index contributed by atoms with van der Waals surface area (Å²) in [5.74, 6) is 0.694. The SMILES string of the molecule is COc1ccc(N(CCNC(=O)c2cccs2)S(C)(=O)=O)c(OC)c1. The van der Waals surface area contributed by atoms with Crippen LogP contribution >= 0.6 is 11.3 Å². The maximum Gasteiger partial charge on any atom is 0.261 e. The maximum absolute atomic E-state index is 12.2. The first-order valence-corrected chi connectivity index (χ1v) is 10.1. The minimum absolute atomic E-state index is 0.0820. The van der Waals surface area contributed by atoms with Crippen LogP contribution in [0.5, 0.6) is 11.5 Å². The van der Waals surface area contributed by atoms with Gasteiger partial charge in [-0.1, -0.05) is 6.07 Å². The summed E-state index contributed by atoms with van der Waals surface area (Å²) < 4.78 is 36.0. The van der Waals surface area contributed by atoms with Gasteiger partial charge in [-0.15, -0.1) is 11.3 Å². The highest BCUT2D eigenvalue weighted by atomic mass is 32.2. The molecular formula is C16H20N2O5S2. The van der Waals surface area contributed by atoms with E-state index in [4.69, 9.17) is 9.47 Å². The molecule has 9 heteroatoms. The van der Waals surface area contributed by atoms with Gasteiger partial charge in [0.2, 0.25) is 10.0 Å². The van der Waals surface area contributed by atoms with Gasteiger partial charge in [0.05, 0.1) is 37.6 Å². The van der Waals surface area contributed by atoms with Gasteiger partial charge in [0, 0.05) is 12.6 Å². The lowest BCUT2D eigenvalue weighted by atomic mass is 10.2. The van der Waals surface area contributed by atoms with E-state index in [1.54, 1.807) is 35.7 Å². The summed E-state index contributed by atoms with van der Waals surface area (Å²) >= 11 is 1.32. The molecule has 0 saturated carbocycles. The molecule has 0 radical (unpaired) electrons. The molecule has 1 aromatic carbocycles. The summed E-state index contributed by atoms with van der Waals surface area (Å²) in [6.45, 7) is 0.248. The first-order chi connectivity index (χ1) is 11.9. The Labute approximate surface area is 151 Å². The summed E-state index contributed by atoms with van der Waals surface area (Å²) in [4.78, 5) is 12.5. The topological polar surface area (TPSA) is 84.9 Å². The lowest BCUT2D eigenvalue weighted by Crippen LogP contribution is -2.38. The van der Waals surface area contributed by atoms with Crippen molar-refractivity contribution >= 4 is 33.0 Å². The molecule has 1 aromatic heterocycles. The molecular weight excluding hydrogens is 364 g/mol. The van der Waals surface area contributed by atoms with Crippen molar-refractivity contribution < 1.29 is 22.7 Å². The Morgan fingerprint density at radius 1 is 1.24 bits per heavy atom. The van der Waals surface area contributed by atoms with Crippen LogP contribution in [-0.2, 0) is 10.0 Å². The smallest absolute Gasteiger partial charge is 0.261 e. The number of sulfonamides is 1. The Kier molecular flexibility index (Phi) is 6.27. The summed E-state index contributed by atoms with van der Waals surface area (Å²) in [6, 6.07) is 8.36. The van der Waals surface area contributed by atoms with Gasteiger partial charge in [0.1, 0.15) is 11.5 Å². The van der Waals surface area contributed by atoms with E-state index < -0.39 is 10.0 Å². The Morgan fingerprint density at radius 3 is 2.56 bits per heavy atom. The molecule has 1 heterocycles. The molecule has 25 heavy (non-hydrogen) atoms. The van der Waals surface area contributed by atoms with Gasteiger partial charge in [-0.3, -0.25) is 9.10 Å². The van der Waals surface area contributed by atoms with Gasteiger partial charge in [-0.2, -0.15) is 0 Å². The van der Waals surface area contributed by atoms with Crippen molar-refractivity contribution in [2.75, 3.05) is 37.9 Å². The zero-order valence-corrected chi connectivity index (χ0v) is 15.8. The Balaban J connectivity index is 2.16. The number of rotatable bonds is 8. The molecule has 0 aliphatic heterocycles. The number of nitrogens with zero attached hydrogens (tertiary/aromatic N) is 1. The third-order valence-electron chi connectivity index (χ3n) is 3.40. The van der Waals surface area contributed by atoms with Crippen molar-refractivity contribution in [2.24, 2.45) is 0 Å². The van der Waals surface area contributed by atoms with Crippen LogP contribution in [0.4, 0.5) is 5.69 Å². The summed E-state index contributed by atoms with van der Waals surface area (Å²) in [5, 5.41) is 4.52. The lowest BCUT2D eigenvalue weighted by Gasteiger charge is -2.24. The second kappa shape index (κ2) is 8.21. The van der Waals surface area contributed by atoms with E-state index in [9.17, 15) is 13.2 Å². The van der Waals surface area contributed by atoms with Crippen LogP contribution in [0.15, 0.2) is 35.7 Å². The fourth-order valence-corrected chi connectivity index (χ4v) is 3.79. The largest absolute Gasteiger partial charge is 0.497 e. The molecule has 2 aromatic rings. The second-order valence-electron chi connectivity index (χ2n) is 5.11. The fourth-order valence-electron chi connectivity index (χ4n) is 2.22. The first kappa shape index (κ1) is 19.1. The average Bonchev–Trinajstić information content (AvgIpc) is 3.11. The maximum atomic E-state index is 12.2. The molecule has 0 atom stereocenters. The molecule has 0 saturated heterocycles. The van der Waals surface area contributed by atoms with Gasteiger partial charge < -0.3 is 14.8 Å². The van der Waals surface area contributed by atoms with Gasteiger partial charge in [0.15, 0.2) is 0 Å². The predicted octanol–water partition coefficient (Wildman–Crippen LogP) is 1.96. The first-order valence-electron chi connectivity index (χ1n) is 7.38. The highest BCUT2D eigenvalue weighted by Crippen LogP contribution is 2.33. The number of carbonyl (C=O) groups excluding carboxylic acids is 1. The second-order valence-corrected chi connectivity index (χ2v) is 7.96. The number of hydrogen-bond acceptors (Lipinski definition) is 6. The highest BCUT2D eigenvalue weighted by molar-refractivity contribution is 7.92. The van der Waals surface area contributed by atoms with Crippen molar-refractivity contribution in [2.45, 2.75) is 0 Å². The van der Waals surface area contributed by atoms with E-state index in [1.807, 2.05) is 0 Å². The molecule has 0 bridgehead atoms. The average molecular weight is 384 g/mol. The van der Waals surface area contributed by atoms with E-state index >= 15 is 0 Å². The van der Waals surface area contributed by atoms with E-state index in [0.29, 0.717) is 22.1 Å². The minimum Gasteiger partial charge on any atom is -0.497 e. The van der Waals surface area contributed by atoms with Gasteiger partial charge in [0.25, 0.3) is 5.91 Å². The minimum atomic E-state index is -3.56. The molecule has 0 unspecified atom stereocenters. The number of benzene rings is 1. The van der Waals surface area contributed by atoms with Crippen LogP contribution in [0.3, 0.4) is 0 Å². The molecule has 1 amide bonds. The Hall–Kier alpha value is -2.26. The van der Waals surface area contributed by atoms with Gasteiger partial charge >= 0.3 is 0 Å². The quantitative estimate of drug-likeness (QED) is 0.752. The number of nitrogens with one attached hydrogen (secondary N) is 1. The lowest BCUT2D eigenvalue weighted by molar-refractivity contribution is 0.0959. The molecule has 0 aliphatic rings. The van der Waals surface area contributed by atoms with Crippen molar-refractivity contribution in [3.8, 4) is 11.5 Å². The molecule has 136 valence electrons. The Bertz CT molecular complexity index is 819. The van der Waals surface area contributed by atoms with Crippen molar-refractivity contribution in [3.63, 3.8) is 0 Å². The standard InChI is InChI=1S/C16H20N2O5S2/c1-22-12-6-7-13(14(11-12)23-2)18(25(3,20)21)9-8-17-16(19)15-5-4-10-24-15/h4-7,10-11H,8-9H2,1-3H3,(H,17,19). The van der Waals surface area contributed by atoms with Crippen molar-refractivity contribution in [3.05, 3.63) is 40.6 Å². The normalized spacial score (nSPS) is 11.0. The molecule has 2 rings (SSSR count). The van der Waals surface area contributed by atoms with Crippen LogP contribution in [0.2, 0.25) is 0 Å². The molecule has 0 spiro atoms. The third kappa shape index (κ3) is 4.86. The summed E-state index contributed by atoms with van der Waals surface area (Å²) in [5.41, 5.74) is 0.385. The monoisotopic (exact) mass is 384 g/mol. The van der Waals surface area contributed by atoms with E-state index in [2.05, 4.69) is 5.32 Å². The van der Waals surface area contributed by atoms with E-state index in [0.717, 1.165) is 6.26 Å². The zero-order chi connectivity index (χ0) is 18.4. The number of thiophene rings is 1. The van der Waals surface area contributed by atoms with E-state index in [-0.39, 0.29) is 19.0 Å². The fraction of sp³-hybridized carbons (Fsp3) is 0.312. The van der Waals surface area contributed by atoms with Gasteiger partial charge in [-0.05, 0) is 23.6 Å². The summed E-state index contributed by atoms with van der Waals surface area (Å²) in [7, 11) is -0.586. The zero-order valence-electron chi connectivity index (χ0n) is 14.2. The van der Waals surface area contributed by atoms with Gasteiger partial charge in [-0.25, -0.2) is 8.42 Å². The van der Waals surface area contributed by atoms with Crippen LogP contribution < -0.4 is 19.1 Å². The number of methoxy groups -OCH3 is 2. The number of hydrogen-bond donors (Lipinski definition) is 1. The summed E-state index contributed by atoms with van der Waals surface area (Å²) in [6.07, 6.45) is 1.11. The highest BCUT2D eigenvalue weighted by Gasteiger charge is 2.21. The van der Waals surface area contributed by atoms with Crippen molar-refractivity contribution in [1.82, 2.24) is 5.32 Å². The molecule has 0 aliphatic carbocycles. The number of ether oxygens (including phenoxy) is 2. The molecule has 7 nitrogen and oxygen atoms in total. The molecule has 1 N–H and O–H groups in total. The number of anilines is 1.